The first-order valence-corrected chi connectivity index (χ1v) is 17.4. The molecule has 0 saturated heterocycles. The molecule has 0 bridgehead atoms. The van der Waals surface area contributed by atoms with Crippen LogP contribution in [-0.4, -0.2) is 73.0 Å². The topological polar surface area (TPSA) is 152 Å². The molecular weight excluding hydrogens is 612 g/mol. The Morgan fingerprint density at radius 2 is 1.43 bits per heavy atom. The molecule has 12 nitrogen and oxygen atoms in total. The highest BCUT2D eigenvalue weighted by Crippen LogP contribution is 2.19. The number of carbonyl (C=O) groups is 3. The normalized spacial score (nSPS) is 11.1. The molecule has 0 aliphatic carbocycles. The van der Waals surface area contributed by atoms with Crippen LogP contribution in [0.5, 0.6) is 11.5 Å². The molecule has 0 atom stereocenters. The highest BCUT2D eigenvalue weighted by Gasteiger charge is 2.39. The molecule has 1 N–H and O–H groups in total. The lowest BCUT2D eigenvalue weighted by Crippen LogP contribution is -2.46. The molecule has 2 rings (SSSR count). The van der Waals surface area contributed by atoms with Crippen LogP contribution >= 0.6 is 0 Å². The Labute approximate surface area is 271 Å². The second-order valence-electron chi connectivity index (χ2n) is 9.60. The van der Waals surface area contributed by atoms with E-state index in [4.69, 9.17) is 37.5 Å². The maximum Gasteiger partial charge on any atom is 0.500 e. The van der Waals surface area contributed by atoms with Crippen LogP contribution in [-0.2, 0) is 27.5 Å². The van der Waals surface area contributed by atoms with E-state index in [0.29, 0.717) is 87.3 Å². The fourth-order valence-electron chi connectivity index (χ4n) is 4.00. The van der Waals surface area contributed by atoms with E-state index >= 15 is 0 Å². The Bertz CT molecular complexity index is 1250. The number of hydrogen-bond donors (Lipinski definition) is 1. The fraction of sp³-hybridized carbons (Fsp3) is 0.455. The molecular formula is C33H44N2O10Si. The van der Waals surface area contributed by atoms with Gasteiger partial charge in [0.05, 0.1) is 31.5 Å². The predicted octanol–water partition coefficient (Wildman–Crippen LogP) is 5.70. The number of amides is 1. The Balaban J connectivity index is 1.62. The second kappa shape index (κ2) is 22.3. The van der Waals surface area contributed by atoms with E-state index in [2.05, 4.69) is 11.4 Å². The number of esters is 2. The van der Waals surface area contributed by atoms with Gasteiger partial charge >= 0.3 is 26.8 Å². The van der Waals surface area contributed by atoms with Gasteiger partial charge in [-0.1, -0.05) is 12.1 Å². The molecule has 13 heteroatoms. The van der Waals surface area contributed by atoms with Crippen molar-refractivity contribution < 1.29 is 46.6 Å². The monoisotopic (exact) mass is 656 g/mol. The lowest BCUT2D eigenvalue weighted by atomic mass is 10.2. The third-order valence-corrected chi connectivity index (χ3v) is 9.23. The zero-order chi connectivity index (χ0) is 33.5. The number of nitrogens with one attached hydrogen (secondary N) is 1. The number of rotatable bonds is 22. The summed E-state index contributed by atoms with van der Waals surface area (Å²) in [4.78, 5) is 36.4. The number of carbonyl (C=O) groups excluding carboxylic acids is 3. The van der Waals surface area contributed by atoms with Crippen molar-refractivity contribution in [1.82, 2.24) is 5.32 Å². The van der Waals surface area contributed by atoms with Gasteiger partial charge in [-0.25, -0.2) is 14.4 Å². The molecule has 0 radical (unpaired) electrons. The molecule has 0 aliphatic heterocycles. The van der Waals surface area contributed by atoms with E-state index in [1.807, 2.05) is 20.8 Å². The largest absolute Gasteiger partial charge is 0.500 e. The fourth-order valence-corrected chi connectivity index (χ4v) is 6.61. The summed E-state index contributed by atoms with van der Waals surface area (Å²) in [6, 6.07) is 15.8. The summed E-state index contributed by atoms with van der Waals surface area (Å²) in [5, 5.41) is 11.3. The van der Waals surface area contributed by atoms with E-state index in [1.165, 1.54) is 6.08 Å². The van der Waals surface area contributed by atoms with Crippen LogP contribution < -0.4 is 14.8 Å². The minimum Gasteiger partial charge on any atom is -0.494 e. The molecule has 0 unspecified atom stereocenters. The summed E-state index contributed by atoms with van der Waals surface area (Å²) < 4.78 is 38.6. The van der Waals surface area contributed by atoms with Crippen molar-refractivity contribution in [1.29, 1.82) is 5.26 Å². The lowest BCUT2D eigenvalue weighted by Gasteiger charge is -2.28. The van der Waals surface area contributed by atoms with Crippen molar-refractivity contribution in [3.8, 4) is 17.6 Å². The standard InChI is InChI=1S/C33H44N2O10Si/c1-4-42-46(43-5-2,44-6-3)26-9-22-35-33(38)41-25-10-24-40-31(36)20-13-27-11-16-30(17-12-27)45-32(37)28-14-18-29(19-15-28)39-23-8-7-21-34/h11-20H,4-10,22-26H2,1-3H3,(H,35,38)/b20-13+. The van der Waals surface area contributed by atoms with Crippen LogP contribution in [0.25, 0.3) is 6.08 Å². The van der Waals surface area contributed by atoms with Crippen molar-refractivity contribution in [3.63, 3.8) is 0 Å². The lowest BCUT2D eigenvalue weighted by molar-refractivity contribution is -0.137. The van der Waals surface area contributed by atoms with Gasteiger partial charge in [-0.3, -0.25) is 0 Å². The smallest absolute Gasteiger partial charge is 0.494 e. The number of unbranched alkanes of at least 4 members (excludes halogenated alkanes) is 1. The quantitative estimate of drug-likeness (QED) is 0.0546. The maximum absolute atomic E-state index is 12.4. The number of ether oxygens (including phenoxy) is 4. The van der Waals surface area contributed by atoms with Gasteiger partial charge in [-0.05, 0) is 81.7 Å². The number of hydrogen-bond acceptors (Lipinski definition) is 11. The average molecular weight is 657 g/mol. The first kappa shape index (κ1) is 38.0. The first-order valence-electron chi connectivity index (χ1n) is 15.4. The average Bonchev–Trinajstić information content (AvgIpc) is 3.05. The van der Waals surface area contributed by atoms with Gasteiger partial charge in [-0.15, -0.1) is 0 Å². The molecule has 0 spiro atoms. The molecule has 2 aromatic rings. The molecule has 2 aromatic carbocycles. The minimum absolute atomic E-state index is 0.0881. The predicted molar refractivity (Wildman–Crippen MR) is 172 cm³/mol. The summed E-state index contributed by atoms with van der Waals surface area (Å²) in [5.74, 6) is -0.102. The Hall–Kier alpha value is -4.22. The molecule has 1 amide bonds. The van der Waals surface area contributed by atoms with Gasteiger partial charge in [0.2, 0.25) is 0 Å². The first-order chi connectivity index (χ1) is 22.3. The summed E-state index contributed by atoms with van der Waals surface area (Å²) in [6.07, 6.45) is 4.34. The Kier molecular flexibility index (Phi) is 18.4. The number of nitrogens with zero attached hydrogens (tertiary/aromatic N) is 1. The molecule has 0 fully saturated rings. The summed E-state index contributed by atoms with van der Waals surface area (Å²) in [5.41, 5.74) is 1.07. The zero-order valence-electron chi connectivity index (χ0n) is 26.8. The van der Waals surface area contributed by atoms with Crippen LogP contribution in [0.1, 0.15) is 62.4 Å². The van der Waals surface area contributed by atoms with Crippen molar-refractivity contribution in [3.05, 3.63) is 65.7 Å². The van der Waals surface area contributed by atoms with Crippen molar-refractivity contribution in [2.75, 3.05) is 46.2 Å². The highest BCUT2D eigenvalue weighted by molar-refractivity contribution is 6.60. The molecule has 0 aliphatic rings. The molecule has 250 valence electrons. The Morgan fingerprint density at radius 1 is 0.804 bits per heavy atom. The minimum atomic E-state index is -2.74. The zero-order valence-corrected chi connectivity index (χ0v) is 27.8. The van der Waals surface area contributed by atoms with Crippen molar-refractivity contribution in [2.24, 2.45) is 0 Å². The van der Waals surface area contributed by atoms with Crippen LogP contribution in [0, 0.1) is 11.3 Å². The second-order valence-corrected chi connectivity index (χ2v) is 12.3. The third kappa shape index (κ3) is 15.2. The van der Waals surface area contributed by atoms with Crippen LogP contribution in [0.2, 0.25) is 6.04 Å². The Morgan fingerprint density at radius 3 is 2.07 bits per heavy atom. The van der Waals surface area contributed by atoms with Gasteiger partial charge in [0.1, 0.15) is 11.5 Å². The molecule has 0 heterocycles. The summed E-state index contributed by atoms with van der Waals surface area (Å²) in [7, 11) is -2.74. The number of benzene rings is 2. The van der Waals surface area contributed by atoms with E-state index in [-0.39, 0.29) is 13.2 Å². The molecule has 46 heavy (non-hydrogen) atoms. The van der Waals surface area contributed by atoms with Crippen molar-refractivity contribution in [2.45, 2.75) is 52.5 Å². The van der Waals surface area contributed by atoms with E-state index < -0.39 is 26.8 Å². The van der Waals surface area contributed by atoms with Crippen molar-refractivity contribution >= 4 is 32.9 Å². The van der Waals surface area contributed by atoms with Crippen LogP contribution in [0.3, 0.4) is 0 Å². The van der Waals surface area contributed by atoms with E-state index in [9.17, 15) is 14.4 Å². The van der Waals surface area contributed by atoms with Crippen LogP contribution in [0.15, 0.2) is 54.6 Å². The summed E-state index contributed by atoms with van der Waals surface area (Å²) in [6.45, 7) is 8.17. The van der Waals surface area contributed by atoms with Gasteiger partial charge < -0.3 is 37.5 Å². The van der Waals surface area contributed by atoms with Crippen LogP contribution in [0.4, 0.5) is 4.79 Å². The molecule has 0 aromatic heterocycles. The van der Waals surface area contributed by atoms with E-state index in [0.717, 1.165) is 0 Å². The van der Waals surface area contributed by atoms with Gasteiger partial charge in [0, 0.05) is 51.3 Å². The SMILES string of the molecule is CCO[Si](CCCNC(=O)OCCCOC(=O)/C=C/c1ccc(OC(=O)c2ccc(OCCCC#N)cc2)cc1)(OCC)OCC. The number of alkyl carbamates (subject to hydrolysis) is 1. The van der Waals surface area contributed by atoms with E-state index in [1.54, 1.807) is 54.6 Å². The molecule has 0 saturated carbocycles. The van der Waals surface area contributed by atoms with Gasteiger partial charge in [-0.2, -0.15) is 5.26 Å². The number of nitriles is 1. The van der Waals surface area contributed by atoms with Gasteiger partial charge in [0.15, 0.2) is 0 Å². The van der Waals surface area contributed by atoms with Gasteiger partial charge in [0.25, 0.3) is 0 Å². The summed E-state index contributed by atoms with van der Waals surface area (Å²) >= 11 is 0. The highest BCUT2D eigenvalue weighted by atomic mass is 28.4. The third-order valence-electron chi connectivity index (χ3n) is 6.08. The maximum atomic E-state index is 12.4.